The molecule has 4 nitrogen and oxygen atoms in total. The summed E-state index contributed by atoms with van der Waals surface area (Å²) in [6.45, 7) is 0. The molecule has 0 aliphatic heterocycles. The van der Waals surface area contributed by atoms with Crippen molar-refractivity contribution >= 4 is 0 Å². The van der Waals surface area contributed by atoms with Crippen LogP contribution in [0.2, 0.25) is 0 Å². The van der Waals surface area contributed by atoms with Crippen molar-refractivity contribution in [1.82, 2.24) is 10.1 Å². The van der Waals surface area contributed by atoms with E-state index in [0.717, 1.165) is 42.3 Å². The van der Waals surface area contributed by atoms with Crippen LogP contribution in [0.5, 0.6) is 0 Å². The molecule has 4 heteroatoms. The lowest BCUT2D eigenvalue weighted by molar-refractivity contribution is -0.0201. The van der Waals surface area contributed by atoms with Crippen molar-refractivity contribution in [2.75, 3.05) is 0 Å². The highest BCUT2D eigenvalue weighted by molar-refractivity contribution is 5.17. The minimum atomic E-state index is -0.315. The molecule has 5 saturated carbocycles. The van der Waals surface area contributed by atoms with E-state index < -0.39 is 0 Å². The Hall–Kier alpha value is -0.900. The van der Waals surface area contributed by atoms with Crippen LogP contribution in [0.1, 0.15) is 75.9 Å². The molecule has 0 aromatic carbocycles. The molecule has 1 aromatic rings. The van der Waals surface area contributed by atoms with Crippen LogP contribution < -0.4 is 5.73 Å². The van der Waals surface area contributed by atoms with Gasteiger partial charge in [-0.25, -0.2) is 0 Å². The van der Waals surface area contributed by atoms with Crippen molar-refractivity contribution in [3.63, 3.8) is 0 Å². The molecular weight excluding hydrogens is 262 g/mol. The maximum absolute atomic E-state index is 6.50. The van der Waals surface area contributed by atoms with Crippen molar-refractivity contribution in [3.05, 3.63) is 11.7 Å². The molecule has 0 spiro atoms. The van der Waals surface area contributed by atoms with E-state index in [0.29, 0.717) is 0 Å². The second kappa shape index (κ2) is 4.09. The first-order chi connectivity index (χ1) is 10.2. The summed E-state index contributed by atoms with van der Waals surface area (Å²) in [6.07, 6.45) is 12.6. The van der Waals surface area contributed by atoms with Crippen LogP contribution in [0.3, 0.4) is 0 Å². The number of rotatable bonds is 2. The summed E-state index contributed by atoms with van der Waals surface area (Å²) in [7, 11) is 0. The van der Waals surface area contributed by atoms with E-state index in [1.54, 1.807) is 0 Å². The maximum atomic E-state index is 6.50. The van der Waals surface area contributed by atoms with Gasteiger partial charge in [0.1, 0.15) is 0 Å². The standard InChI is InChI=1S/C17H25N3O/c18-17(3-1-2-4-17)14-19-15(21-20-14)16-8-11-5-12(9-16)7-13(6-11)10-16/h11-13H,1-10,18H2. The van der Waals surface area contributed by atoms with E-state index in [-0.39, 0.29) is 11.0 Å². The lowest BCUT2D eigenvalue weighted by Gasteiger charge is -2.55. The van der Waals surface area contributed by atoms with Gasteiger partial charge in [-0.1, -0.05) is 18.0 Å². The first-order valence-electron chi connectivity index (χ1n) is 8.79. The van der Waals surface area contributed by atoms with Gasteiger partial charge in [-0.15, -0.1) is 0 Å². The van der Waals surface area contributed by atoms with Gasteiger partial charge in [-0.05, 0) is 69.1 Å². The maximum Gasteiger partial charge on any atom is 0.232 e. The van der Waals surface area contributed by atoms with Gasteiger partial charge in [0.15, 0.2) is 5.82 Å². The minimum Gasteiger partial charge on any atom is -0.339 e. The van der Waals surface area contributed by atoms with Gasteiger partial charge in [0.05, 0.1) is 11.0 Å². The number of nitrogens with zero attached hydrogens (tertiary/aromatic N) is 2. The molecule has 0 radical (unpaired) electrons. The predicted octanol–water partition coefficient (Wildman–Crippen LogP) is 3.27. The van der Waals surface area contributed by atoms with Crippen LogP contribution in [0.15, 0.2) is 4.52 Å². The van der Waals surface area contributed by atoms with Crippen LogP contribution in [0.4, 0.5) is 0 Å². The highest BCUT2D eigenvalue weighted by atomic mass is 16.5. The van der Waals surface area contributed by atoms with Gasteiger partial charge in [0.25, 0.3) is 0 Å². The molecule has 0 atom stereocenters. The summed E-state index contributed by atoms with van der Waals surface area (Å²) in [5.74, 6) is 4.43. The first-order valence-corrected chi connectivity index (χ1v) is 8.79. The van der Waals surface area contributed by atoms with E-state index >= 15 is 0 Å². The molecular formula is C17H25N3O. The molecule has 5 aliphatic rings. The van der Waals surface area contributed by atoms with Gasteiger partial charge in [0.2, 0.25) is 5.89 Å². The molecule has 2 N–H and O–H groups in total. The molecule has 21 heavy (non-hydrogen) atoms. The fourth-order valence-corrected chi connectivity index (χ4v) is 6.24. The smallest absolute Gasteiger partial charge is 0.232 e. The second-order valence-corrected chi connectivity index (χ2v) is 8.48. The summed E-state index contributed by atoms with van der Waals surface area (Å²) in [5, 5.41) is 4.32. The third-order valence-corrected chi connectivity index (χ3v) is 6.86. The van der Waals surface area contributed by atoms with Crippen molar-refractivity contribution in [2.45, 2.75) is 75.2 Å². The van der Waals surface area contributed by atoms with Gasteiger partial charge in [-0.2, -0.15) is 4.98 Å². The third-order valence-electron chi connectivity index (χ3n) is 6.86. The fourth-order valence-electron chi connectivity index (χ4n) is 6.24. The van der Waals surface area contributed by atoms with Gasteiger partial charge < -0.3 is 10.3 Å². The van der Waals surface area contributed by atoms with E-state index in [1.165, 1.54) is 51.4 Å². The number of nitrogens with two attached hydrogens (primary N) is 1. The normalized spacial score (nSPS) is 43.6. The van der Waals surface area contributed by atoms with Crippen LogP contribution in [0.25, 0.3) is 0 Å². The molecule has 0 unspecified atom stereocenters. The molecule has 1 heterocycles. The second-order valence-electron chi connectivity index (χ2n) is 8.48. The lowest BCUT2D eigenvalue weighted by atomic mass is 9.49. The summed E-state index contributed by atoms with van der Waals surface area (Å²) in [4.78, 5) is 4.85. The summed E-state index contributed by atoms with van der Waals surface area (Å²) < 4.78 is 5.79. The molecule has 5 fully saturated rings. The Morgan fingerprint density at radius 3 is 2.10 bits per heavy atom. The quantitative estimate of drug-likeness (QED) is 0.906. The van der Waals surface area contributed by atoms with Gasteiger partial charge >= 0.3 is 0 Å². The monoisotopic (exact) mass is 287 g/mol. The Morgan fingerprint density at radius 1 is 0.952 bits per heavy atom. The zero-order valence-corrected chi connectivity index (χ0v) is 12.7. The van der Waals surface area contributed by atoms with E-state index in [1.807, 2.05) is 0 Å². The van der Waals surface area contributed by atoms with E-state index in [4.69, 9.17) is 15.2 Å². The highest BCUT2D eigenvalue weighted by Gasteiger charge is 2.54. The number of hydrogen-bond donors (Lipinski definition) is 1. The SMILES string of the molecule is NC1(c2noc(C34CC5CC(CC(C5)C3)C4)n2)CCCC1. The van der Waals surface area contributed by atoms with E-state index in [2.05, 4.69) is 5.16 Å². The Bertz CT molecular complexity index is 523. The average molecular weight is 287 g/mol. The zero-order valence-electron chi connectivity index (χ0n) is 12.7. The first kappa shape index (κ1) is 12.6. The molecule has 114 valence electrons. The van der Waals surface area contributed by atoms with Crippen molar-refractivity contribution < 1.29 is 4.52 Å². The van der Waals surface area contributed by atoms with Crippen LogP contribution in [-0.4, -0.2) is 10.1 Å². The van der Waals surface area contributed by atoms with Crippen molar-refractivity contribution in [2.24, 2.45) is 23.5 Å². The van der Waals surface area contributed by atoms with Gasteiger partial charge in [0, 0.05) is 0 Å². The van der Waals surface area contributed by atoms with Crippen molar-refractivity contribution in [1.29, 1.82) is 0 Å². The largest absolute Gasteiger partial charge is 0.339 e. The van der Waals surface area contributed by atoms with Gasteiger partial charge in [-0.3, -0.25) is 0 Å². The molecule has 6 rings (SSSR count). The average Bonchev–Trinajstić information content (AvgIpc) is 3.06. The van der Waals surface area contributed by atoms with Crippen LogP contribution in [0, 0.1) is 17.8 Å². The molecule has 4 bridgehead atoms. The Labute approximate surface area is 125 Å². The molecule has 0 saturated heterocycles. The Kier molecular flexibility index (Phi) is 2.46. The van der Waals surface area contributed by atoms with E-state index in [9.17, 15) is 0 Å². The summed E-state index contributed by atoms with van der Waals surface area (Å²) in [6, 6.07) is 0. The predicted molar refractivity (Wildman–Crippen MR) is 78.5 cm³/mol. The lowest BCUT2D eigenvalue weighted by Crippen LogP contribution is -2.48. The summed E-state index contributed by atoms with van der Waals surface area (Å²) >= 11 is 0. The molecule has 5 aliphatic carbocycles. The topological polar surface area (TPSA) is 64.9 Å². The summed E-state index contributed by atoms with van der Waals surface area (Å²) in [5.41, 5.74) is 6.39. The Morgan fingerprint density at radius 2 is 1.52 bits per heavy atom. The number of aromatic nitrogens is 2. The third kappa shape index (κ3) is 1.77. The Balaban J connectivity index is 1.49. The van der Waals surface area contributed by atoms with Crippen LogP contribution >= 0.6 is 0 Å². The minimum absolute atomic E-state index is 0.203. The highest BCUT2D eigenvalue weighted by Crippen LogP contribution is 2.60. The zero-order chi connectivity index (χ0) is 14.1. The molecule has 1 aromatic heterocycles. The van der Waals surface area contributed by atoms with Crippen molar-refractivity contribution in [3.8, 4) is 0 Å². The van der Waals surface area contributed by atoms with Crippen LogP contribution in [-0.2, 0) is 11.0 Å². The number of hydrogen-bond acceptors (Lipinski definition) is 4. The fraction of sp³-hybridized carbons (Fsp3) is 0.882. The molecule has 0 amide bonds.